The summed E-state index contributed by atoms with van der Waals surface area (Å²) in [5, 5.41) is 15.0. The molecule has 1 aromatic rings. The van der Waals surface area contributed by atoms with Crippen LogP contribution in [0.5, 0.6) is 0 Å². The third kappa shape index (κ3) is 3.02. The van der Waals surface area contributed by atoms with Gasteiger partial charge in [0.15, 0.2) is 0 Å². The molecule has 1 N–H and O–H groups in total. The van der Waals surface area contributed by atoms with Gasteiger partial charge in [-0.25, -0.2) is 4.98 Å². The Morgan fingerprint density at radius 2 is 2.31 bits per heavy atom. The summed E-state index contributed by atoms with van der Waals surface area (Å²) in [4.78, 5) is 4.36. The smallest absolute Gasteiger partial charge is 0.119 e. The Morgan fingerprint density at radius 3 is 2.88 bits per heavy atom. The summed E-state index contributed by atoms with van der Waals surface area (Å²) in [5.74, 6) is 0. The minimum Gasteiger partial charge on any atom is -0.411 e. The van der Waals surface area contributed by atoms with Crippen LogP contribution in [0.3, 0.4) is 0 Å². The van der Waals surface area contributed by atoms with E-state index in [4.69, 9.17) is 9.94 Å². The normalized spacial score (nSPS) is 21.1. The Hall–Kier alpha value is -0.940. The first-order chi connectivity index (χ1) is 7.78. The van der Waals surface area contributed by atoms with E-state index in [2.05, 4.69) is 10.1 Å². The van der Waals surface area contributed by atoms with Gasteiger partial charge in [0.25, 0.3) is 0 Å². The summed E-state index contributed by atoms with van der Waals surface area (Å²) in [6, 6.07) is 0. The van der Waals surface area contributed by atoms with Crippen molar-refractivity contribution in [2.24, 2.45) is 5.16 Å². The summed E-state index contributed by atoms with van der Waals surface area (Å²) >= 11 is 1.64. The molecular formula is C11H16N2O2S. The monoisotopic (exact) mass is 240 g/mol. The van der Waals surface area contributed by atoms with Crippen LogP contribution in [0.4, 0.5) is 0 Å². The van der Waals surface area contributed by atoms with E-state index in [9.17, 15) is 0 Å². The van der Waals surface area contributed by atoms with Crippen LogP contribution in [0, 0.1) is 6.92 Å². The first-order valence-corrected chi connectivity index (χ1v) is 6.38. The molecule has 1 aromatic heterocycles. The topological polar surface area (TPSA) is 54.7 Å². The van der Waals surface area contributed by atoms with Gasteiger partial charge in [-0.15, -0.1) is 11.3 Å². The zero-order valence-corrected chi connectivity index (χ0v) is 10.2. The summed E-state index contributed by atoms with van der Waals surface area (Å²) in [6.45, 7) is 2.60. The molecule has 0 saturated heterocycles. The molecule has 0 aromatic carbocycles. The van der Waals surface area contributed by atoms with Crippen LogP contribution in [0.1, 0.15) is 36.4 Å². The Bertz CT molecular complexity index is 366. The van der Waals surface area contributed by atoms with E-state index in [-0.39, 0.29) is 6.10 Å². The number of aryl methyl sites for hydroxylation is 1. The van der Waals surface area contributed by atoms with Gasteiger partial charge in [-0.1, -0.05) is 5.16 Å². The fourth-order valence-corrected chi connectivity index (χ4v) is 2.54. The maximum Gasteiger partial charge on any atom is 0.119 e. The number of ether oxygens (including phenoxy) is 1. The van der Waals surface area contributed by atoms with Crippen LogP contribution >= 0.6 is 11.3 Å². The number of thiazole rings is 1. The third-order valence-corrected chi connectivity index (χ3v) is 3.70. The molecule has 1 fully saturated rings. The van der Waals surface area contributed by atoms with Crippen molar-refractivity contribution in [3.63, 3.8) is 0 Å². The summed E-state index contributed by atoms with van der Waals surface area (Å²) in [5.41, 5.74) is 1.95. The van der Waals surface area contributed by atoms with Crippen molar-refractivity contribution in [2.45, 2.75) is 45.3 Å². The number of oxime groups is 1. The largest absolute Gasteiger partial charge is 0.411 e. The second kappa shape index (κ2) is 5.41. The first kappa shape index (κ1) is 11.5. The number of nitrogens with zero attached hydrogens (tertiary/aromatic N) is 2. The van der Waals surface area contributed by atoms with Gasteiger partial charge in [-0.2, -0.15) is 0 Å². The molecule has 16 heavy (non-hydrogen) atoms. The fourth-order valence-electron chi connectivity index (χ4n) is 1.85. The lowest BCUT2D eigenvalue weighted by atomic mass is 9.96. The molecule has 1 aliphatic rings. The van der Waals surface area contributed by atoms with Crippen molar-refractivity contribution in [1.82, 2.24) is 4.98 Å². The SMILES string of the molecule is Cc1csc(COC2CCC(=NO)CC2)n1. The number of hydrogen-bond acceptors (Lipinski definition) is 5. The molecule has 1 saturated carbocycles. The second-order valence-corrected chi connectivity index (χ2v) is 5.00. The number of rotatable bonds is 3. The molecule has 0 aliphatic heterocycles. The molecule has 1 heterocycles. The Morgan fingerprint density at radius 1 is 1.56 bits per heavy atom. The van der Waals surface area contributed by atoms with Crippen molar-refractivity contribution >= 4 is 17.0 Å². The highest BCUT2D eigenvalue weighted by Crippen LogP contribution is 2.21. The van der Waals surface area contributed by atoms with Gasteiger partial charge in [0.2, 0.25) is 0 Å². The lowest BCUT2D eigenvalue weighted by Crippen LogP contribution is -2.21. The van der Waals surface area contributed by atoms with Gasteiger partial charge in [-0.05, 0) is 32.6 Å². The highest BCUT2D eigenvalue weighted by molar-refractivity contribution is 7.09. The summed E-state index contributed by atoms with van der Waals surface area (Å²) in [7, 11) is 0. The molecule has 0 radical (unpaired) electrons. The van der Waals surface area contributed by atoms with E-state index in [0.29, 0.717) is 6.61 Å². The highest BCUT2D eigenvalue weighted by atomic mass is 32.1. The fraction of sp³-hybridized carbons (Fsp3) is 0.636. The van der Waals surface area contributed by atoms with Crippen LogP contribution in [-0.4, -0.2) is 22.0 Å². The summed E-state index contributed by atoms with van der Waals surface area (Å²) < 4.78 is 5.79. The highest BCUT2D eigenvalue weighted by Gasteiger charge is 2.18. The van der Waals surface area contributed by atoms with Gasteiger partial charge in [0.05, 0.1) is 18.4 Å². The van der Waals surface area contributed by atoms with Crippen molar-refractivity contribution in [3.8, 4) is 0 Å². The quantitative estimate of drug-likeness (QED) is 0.653. The number of hydrogen-bond donors (Lipinski definition) is 1. The lowest BCUT2D eigenvalue weighted by Gasteiger charge is -2.22. The van der Waals surface area contributed by atoms with E-state index < -0.39 is 0 Å². The Kier molecular flexibility index (Phi) is 3.90. The van der Waals surface area contributed by atoms with Crippen LogP contribution in [0.15, 0.2) is 10.5 Å². The maximum atomic E-state index is 8.63. The standard InChI is InChI=1S/C11H16N2O2S/c1-8-7-16-11(12-8)6-15-10-4-2-9(13-14)3-5-10/h7,10,14H,2-6H2,1H3. The average Bonchev–Trinajstić information content (AvgIpc) is 2.73. The molecule has 5 heteroatoms. The second-order valence-electron chi connectivity index (χ2n) is 4.06. The van der Waals surface area contributed by atoms with Crippen LogP contribution in [-0.2, 0) is 11.3 Å². The van der Waals surface area contributed by atoms with E-state index in [1.165, 1.54) is 0 Å². The maximum absolute atomic E-state index is 8.63. The molecule has 0 amide bonds. The Balaban J connectivity index is 1.75. The minimum atomic E-state index is 0.287. The first-order valence-electron chi connectivity index (χ1n) is 5.50. The van der Waals surface area contributed by atoms with Crippen molar-refractivity contribution in [3.05, 3.63) is 16.1 Å². The molecular weight excluding hydrogens is 224 g/mol. The van der Waals surface area contributed by atoms with Crippen molar-refractivity contribution in [1.29, 1.82) is 0 Å². The van der Waals surface area contributed by atoms with E-state index in [1.807, 2.05) is 12.3 Å². The van der Waals surface area contributed by atoms with E-state index >= 15 is 0 Å². The number of aromatic nitrogens is 1. The molecule has 0 atom stereocenters. The van der Waals surface area contributed by atoms with Gasteiger partial charge >= 0.3 is 0 Å². The zero-order chi connectivity index (χ0) is 11.4. The third-order valence-electron chi connectivity index (χ3n) is 2.76. The van der Waals surface area contributed by atoms with Crippen molar-refractivity contribution < 1.29 is 9.94 Å². The van der Waals surface area contributed by atoms with Gasteiger partial charge in [0.1, 0.15) is 5.01 Å². The van der Waals surface area contributed by atoms with Gasteiger partial charge in [0, 0.05) is 11.1 Å². The minimum absolute atomic E-state index is 0.287. The Labute approximate surface area is 99.0 Å². The lowest BCUT2D eigenvalue weighted by molar-refractivity contribution is 0.0276. The van der Waals surface area contributed by atoms with E-state index in [0.717, 1.165) is 42.1 Å². The molecule has 0 unspecified atom stereocenters. The summed E-state index contributed by atoms with van der Waals surface area (Å²) in [6.07, 6.45) is 3.87. The van der Waals surface area contributed by atoms with E-state index in [1.54, 1.807) is 11.3 Å². The molecule has 0 spiro atoms. The molecule has 2 rings (SSSR count). The molecule has 88 valence electrons. The predicted octanol–water partition coefficient (Wildman–Crippen LogP) is 2.74. The molecule has 4 nitrogen and oxygen atoms in total. The average molecular weight is 240 g/mol. The molecule has 0 bridgehead atoms. The van der Waals surface area contributed by atoms with Gasteiger partial charge < -0.3 is 9.94 Å². The molecule has 1 aliphatic carbocycles. The van der Waals surface area contributed by atoms with Crippen LogP contribution < -0.4 is 0 Å². The predicted molar refractivity (Wildman–Crippen MR) is 63.1 cm³/mol. The van der Waals surface area contributed by atoms with Crippen LogP contribution in [0.2, 0.25) is 0 Å². The van der Waals surface area contributed by atoms with Gasteiger partial charge in [-0.3, -0.25) is 0 Å². The van der Waals surface area contributed by atoms with Crippen molar-refractivity contribution in [2.75, 3.05) is 0 Å². The van der Waals surface area contributed by atoms with Crippen LogP contribution in [0.25, 0.3) is 0 Å². The zero-order valence-electron chi connectivity index (χ0n) is 9.35.